The minimum atomic E-state index is -0.986. The highest BCUT2D eigenvalue weighted by Crippen LogP contribution is 2.23. The fourth-order valence-corrected chi connectivity index (χ4v) is 1.34. The molecule has 0 aromatic carbocycles. The van der Waals surface area contributed by atoms with Crippen molar-refractivity contribution in [3.8, 4) is 0 Å². The second-order valence-electron chi connectivity index (χ2n) is 2.90. The lowest BCUT2D eigenvalue weighted by molar-refractivity contribution is -0.0208. The van der Waals surface area contributed by atoms with Crippen LogP contribution in [-0.4, -0.2) is 46.3 Å². The van der Waals surface area contributed by atoms with E-state index in [0.717, 1.165) is 0 Å². The molecule has 0 spiro atoms. The average molecular weight is 174 g/mol. The Morgan fingerprint density at radius 3 is 2.25 bits per heavy atom. The van der Waals surface area contributed by atoms with Gasteiger partial charge in [0.1, 0.15) is 18.3 Å². The molecule has 4 heteroatoms. The summed E-state index contributed by atoms with van der Waals surface area (Å²) in [7, 11) is 0. The molecule has 0 aliphatic carbocycles. The molecule has 3 unspecified atom stereocenters. The first-order chi connectivity index (χ1) is 5.70. The van der Waals surface area contributed by atoms with Crippen molar-refractivity contribution < 1.29 is 20.1 Å². The van der Waals surface area contributed by atoms with Crippen LogP contribution in [0.1, 0.15) is 6.42 Å². The van der Waals surface area contributed by atoms with Gasteiger partial charge < -0.3 is 20.1 Å². The maximum Gasteiger partial charge on any atom is 0.111 e. The number of aliphatic hydroxyl groups is 3. The molecule has 1 rings (SSSR count). The van der Waals surface area contributed by atoms with Gasteiger partial charge in [0.15, 0.2) is 0 Å². The molecule has 1 aliphatic rings. The smallest absolute Gasteiger partial charge is 0.111 e. The van der Waals surface area contributed by atoms with Gasteiger partial charge in [0.25, 0.3) is 0 Å². The molecule has 0 radical (unpaired) electrons. The van der Waals surface area contributed by atoms with Gasteiger partial charge in [-0.2, -0.15) is 0 Å². The summed E-state index contributed by atoms with van der Waals surface area (Å²) in [5.74, 6) is 0. The van der Waals surface area contributed by atoms with Crippen LogP contribution in [0, 0.1) is 0 Å². The Morgan fingerprint density at radius 1 is 1.25 bits per heavy atom. The predicted molar refractivity (Wildman–Crippen MR) is 42.6 cm³/mol. The molecule has 4 atom stereocenters. The van der Waals surface area contributed by atoms with Gasteiger partial charge in [0.05, 0.1) is 12.7 Å². The van der Waals surface area contributed by atoms with Gasteiger partial charge in [0, 0.05) is 0 Å². The highest BCUT2D eigenvalue weighted by atomic mass is 16.6. The topological polar surface area (TPSA) is 69.9 Å². The lowest BCUT2D eigenvalue weighted by atomic mass is 10.1. The maximum absolute atomic E-state index is 9.36. The van der Waals surface area contributed by atoms with Crippen LogP contribution in [0.15, 0.2) is 12.7 Å². The molecule has 12 heavy (non-hydrogen) atoms. The zero-order valence-electron chi connectivity index (χ0n) is 6.76. The molecule has 0 amide bonds. The van der Waals surface area contributed by atoms with Crippen molar-refractivity contribution in [2.45, 2.75) is 30.8 Å². The summed E-state index contributed by atoms with van der Waals surface area (Å²) in [5.41, 5.74) is 0. The lowest BCUT2D eigenvalue weighted by Crippen LogP contribution is -2.33. The van der Waals surface area contributed by atoms with Crippen LogP contribution in [0.4, 0.5) is 0 Å². The number of hydrogen-bond donors (Lipinski definition) is 3. The molecule has 0 aromatic rings. The molecular weight excluding hydrogens is 160 g/mol. The second kappa shape index (κ2) is 4.00. The fourth-order valence-electron chi connectivity index (χ4n) is 1.34. The van der Waals surface area contributed by atoms with E-state index in [1.165, 1.54) is 0 Å². The Kier molecular flexibility index (Phi) is 3.22. The largest absolute Gasteiger partial charge is 0.394 e. The van der Waals surface area contributed by atoms with Gasteiger partial charge in [0.2, 0.25) is 0 Å². The minimum Gasteiger partial charge on any atom is -0.394 e. The standard InChI is InChI=1S/C8H14O4/c1-2-3-5-7(10)8(11)6(4-9)12-5/h2,5-11H,1,3-4H2/t5?,6-,7?,8?/m0/s1. The zero-order valence-corrected chi connectivity index (χ0v) is 6.76. The quantitative estimate of drug-likeness (QED) is 0.482. The van der Waals surface area contributed by atoms with Crippen LogP contribution in [0.3, 0.4) is 0 Å². The highest BCUT2D eigenvalue weighted by molar-refractivity contribution is 4.93. The van der Waals surface area contributed by atoms with Gasteiger partial charge in [-0.05, 0) is 6.42 Å². The summed E-state index contributed by atoms with van der Waals surface area (Å²) in [6, 6.07) is 0. The van der Waals surface area contributed by atoms with Crippen molar-refractivity contribution in [3.63, 3.8) is 0 Å². The van der Waals surface area contributed by atoms with E-state index in [2.05, 4.69) is 6.58 Å². The Bertz CT molecular complexity index is 159. The molecule has 1 saturated heterocycles. The normalized spacial score (nSPS) is 41.6. The molecule has 1 fully saturated rings. The molecule has 1 heterocycles. The maximum atomic E-state index is 9.36. The van der Waals surface area contributed by atoms with Gasteiger partial charge >= 0.3 is 0 Å². The van der Waals surface area contributed by atoms with E-state index >= 15 is 0 Å². The molecule has 70 valence electrons. The molecule has 0 saturated carbocycles. The SMILES string of the molecule is C=CCC1O[C@@H](CO)C(O)C1O. The number of rotatable bonds is 3. The zero-order chi connectivity index (χ0) is 9.14. The average Bonchev–Trinajstić information content (AvgIpc) is 2.33. The molecule has 4 nitrogen and oxygen atoms in total. The van der Waals surface area contributed by atoms with Crippen molar-refractivity contribution in [1.29, 1.82) is 0 Å². The van der Waals surface area contributed by atoms with E-state index in [9.17, 15) is 10.2 Å². The van der Waals surface area contributed by atoms with Crippen LogP contribution in [0.5, 0.6) is 0 Å². The summed E-state index contributed by atoms with van der Waals surface area (Å²) in [5, 5.41) is 27.4. The van der Waals surface area contributed by atoms with Gasteiger partial charge in [-0.3, -0.25) is 0 Å². The number of ether oxygens (including phenoxy) is 1. The number of aliphatic hydroxyl groups excluding tert-OH is 3. The van der Waals surface area contributed by atoms with Crippen molar-refractivity contribution in [3.05, 3.63) is 12.7 Å². The summed E-state index contributed by atoms with van der Waals surface area (Å²) >= 11 is 0. The minimum absolute atomic E-state index is 0.272. The van der Waals surface area contributed by atoms with E-state index in [1.54, 1.807) is 6.08 Å². The lowest BCUT2D eigenvalue weighted by Gasteiger charge is -2.11. The summed E-state index contributed by atoms with van der Waals surface area (Å²) < 4.78 is 5.15. The van der Waals surface area contributed by atoms with Crippen molar-refractivity contribution in [2.75, 3.05) is 6.61 Å². The Balaban J connectivity index is 2.53. The molecule has 1 aliphatic heterocycles. The third kappa shape index (κ3) is 1.67. The summed E-state index contributed by atoms with van der Waals surface area (Å²) in [6.45, 7) is 3.23. The summed E-state index contributed by atoms with van der Waals surface area (Å²) in [4.78, 5) is 0. The van der Waals surface area contributed by atoms with Crippen LogP contribution < -0.4 is 0 Å². The van der Waals surface area contributed by atoms with Crippen LogP contribution in [0.25, 0.3) is 0 Å². The van der Waals surface area contributed by atoms with Crippen molar-refractivity contribution in [1.82, 2.24) is 0 Å². The second-order valence-corrected chi connectivity index (χ2v) is 2.90. The van der Waals surface area contributed by atoms with E-state index < -0.39 is 24.4 Å². The summed E-state index contributed by atoms with van der Waals surface area (Å²) in [6.07, 6.45) is -0.908. The van der Waals surface area contributed by atoms with E-state index in [1.807, 2.05) is 0 Å². The van der Waals surface area contributed by atoms with Crippen LogP contribution >= 0.6 is 0 Å². The van der Waals surface area contributed by atoms with E-state index in [0.29, 0.717) is 6.42 Å². The monoisotopic (exact) mass is 174 g/mol. The fraction of sp³-hybridized carbons (Fsp3) is 0.750. The van der Waals surface area contributed by atoms with Gasteiger partial charge in [-0.1, -0.05) is 6.08 Å². The van der Waals surface area contributed by atoms with Gasteiger partial charge in [-0.25, -0.2) is 0 Å². The first-order valence-corrected chi connectivity index (χ1v) is 3.94. The van der Waals surface area contributed by atoms with E-state index in [4.69, 9.17) is 9.84 Å². The first kappa shape index (κ1) is 9.67. The first-order valence-electron chi connectivity index (χ1n) is 3.94. The van der Waals surface area contributed by atoms with Crippen LogP contribution in [-0.2, 0) is 4.74 Å². The Labute approximate surface area is 71.1 Å². The van der Waals surface area contributed by atoms with Crippen molar-refractivity contribution in [2.24, 2.45) is 0 Å². The molecule has 0 bridgehead atoms. The van der Waals surface area contributed by atoms with E-state index in [-0.39, 0.29) is 6.61 Å². The van der Waals surface area contributed by atoms with Gasteiger partial charge in [-0.15, -0.1) is 6.58 Å². The molecule has 3 N–H and O–H groups in total. The molecule has 0 aromatic heterocycles. The Morgan fingerprint density at radius 2 is 1.83 bits per heavy atom. The van der Waals surface area contributed by atoms with Crippen LogP contribution in [0.2, 0.25) is 0 Å². The third-order valence-electron chi connectivity index (χ3n) is 2.04. The Hall–Kier alpha value is -0.420. The van der Waals surface area contributed by atoms with Crippen molar-refractivity contribution >= 4 is 0 Å². The predicted octanol–water partition coefficient (Wildman–Crippen LogP) is -0.956. The third-order valence-corrected chi connectivity index (χ3v) is 2.04. The number of hydrogen-bond acceptors (Lipinski definition) is 4. The molecular formula is C8H14O4. The highest BCUT2D eigenvalue weighted by Gasteiger charge is 2.41.